The van der Waals surface area contributed by atoms with E-state index in [1.807, 2.05) is 0 Å². The molecule has 0 aromatic rings. The summed E-state index contributed by atoms with van der Waals surface area (Å²) in [6.45, 7) is 8.57. The fourth-order valence-electron chi connectivity index (χ4n) is 1.80. The molecule has 0 unspecified atom stereocenters. The van der Waals surface area contributed by atoms with Gasteiger partial charge in [-0.15, -0.1) is 12.8 Å². The molecular formula is C19H28Ti. The van der Waals surface area contributed by atoms with Gasteiger partial charge in [-0.05, 0) is 0 Å². The van der Waals surface area contributed by atoms with Gasteiger partial charge in [0.2, 0.25) is 0 Å². The monoisotopic (exact) mass is 304 g/mol. The van der Waals surface area contributed by atoms with Gasteiger partial charge < -0.3 is 0 Å². The molecule has 0 atom stereocenters. The van der Waals surface area contributed by atoms with Crippen LogP contribution in [0.3, 0.4) is 0 Å². The fourth-order valence-corrected chi connectivity index (χ4v) is 1.80. The third-order valence-electron chi connectivity index (χ3n) is 2.62. The molecular weight excluding hydrogens is 276 g/mol. The van der Waals surface area contributed by atoms with Gasteiger partial charge in [-0.2, -0.15) is 12.2 Å². The summed E-state index contributed by atoms with van der Waals surface area (Å²) < 4.78 is 1.42. The molecule has 0 aromatic carbocycles. The van der Waals surface area contributed by atoms with Gasteiger partial charge >= 0.3 is 37.6 Å². The summed E-state index contributed by atoms with van der Waals surface area (Å²) >= 11 is 2.08. The van der Waals surface area contributed by atoms with E-state index in [4.69, 9.17) is 0 Å². The Kier molecular flexibility index (Phi) is 13.2. The summed E-state index contributed by atoms with van der Waals surface area (Å²) in [6.07, 6.45) is 22.0. The van der Waals surface area contributed by atoms with Gasteiger partial charge in [0.15, 0.2) is 0 Å². The van der Waals surface area contributed by atoms with Gasteiger partial charge in [0.05, 0.1) is 0 Å². The molecule has 2 rings (SSSR count). The molecule has 2 aliphatic rings. The molecule has 0 bridgehead atoms. The van der Waals surface area contributed by atoms with E-state index in [1.165, 1.54) is 40.6 Å². The van der Waals surface area contributed by atoms with Gasteiger partial charge in [0.25, 0.3) is 0 Å². The Morgan fingerprint density at radius 2 is 1.30 bits per heavy atom. The summed E-state index contributed by atoms with van der Waals surface area (Å²) in [5, 5.41) is 0. The molecule has 0 saturated heterocycles. The Morgan fingerprint density at radius 1 is 0.950 bits per heavy atom. The van der Waals surface area contributed by atoms with Gasteiger partial charge in [-0.3, -0.25) is 12.2 Å². The van der Waals surface area contributed by atoms with E-state index in [1.54, 1.807) is 0 Å². The van der Waals surface area contributed by atoms with Crippen molar-refractivity contribution >= 4 is 3.81 Å². The van der Waals surface area contributed by atoms with Crippen molar-refractivity contribution in [2.75, 3.05) is 0 Å². The molecule has 0 radical (unpaired) electrons. The zero-order valence-corrected chi connectivity index (χ0v) is 15.1. The minimum atomic E-state index is 1.04. The van der Waals surface area contributed by atoms with E-state index in [0.29, 0.717) is 0 Å². The molecule has 0 aliphatic heterocycles. The standard InChI is InChI=1S/2C8H11.C3H6.Ti/c2*1-2-5-8-6-3-4-7-8;1-3-2;/h2*6-7H,2-3,5H2,1H3;1-2H3;/q2*-1;;+2. The zero-order valence-electron chi connectivity index (χ0n) is 13.6. The fraction of sp³-hybridized carbons (Fsp3) is 0.526. The van der Waals surface area contributed by atoms with E-state index in [2.05, 4.69) is 84.1 Å². The maximum atomic E-state index is 3.14. The van der Waals surface area contributed by atoms with Crippen LogP contribution in [0.4, 0.5) is 0 Å². The SMILES string of the molecule is CCCC1=CC[C-]=C1.CCCC1=CC[C-]=C1.C[C](C)=[Ti+2]. The van der Waals surface area contributed by atoms with Crippen LogP contribution in [0.5, 0.6) is 0 Å². The van der Waals surface area contributed by atoms with Crippen molar-refractivity contribution in [2.24, 2.45) is 0 Å². The van der Waals surface area contributed by atoms with Crippen molar-refractivity contribution in [2.45, 2.75) is 66.2 Å². The second-order valence-electron chi connectivity index (χ2n) is 5.16. The summed E-state index contributed by atoms with van der Waals surface area (Å²) in [5.74, 6) is 0. The topological polar surface area (TPSA) is 0 Å². The van der Waals surface area contributed by atoms with Gasteiger partial charge in [0, 0.05) is 0 Å². The molecule has 0 fully saturated rings. The predicted octanol–water partition coefficient (Wildman–Crippen LogP) is 5.70. The van der Waals surface area contributed by atoms with Crippen molar-refractivity contribution < 1.29 is 20.0 Å². The van der Waals surface area contributed by atoms with Gasteiger partial charge in [-0.25, -0.2) is 23.3 Å². The molecule has 0 nitrogen and oxygen atoms in total. The molecule has 0 aromatic heterocycles. The summed E-state index contributed by atoms with van der Waals surface area (Å²) in [5.41, 5.74) is 2.93. The van der Waals surface area contributed by atoms with E-state index < -0.39 is 0 Å². The van der Waals surface area contributed by atoms with Crippen molar-refractivity contribution in [1.82, 2.24) is 0 Å². The Bertz CT molecular complexity index is 345. The van der Waals surface area contributed by atoms with Crippen molar-refractivity contribution in [1.29, 1.82) is 0 Å². The van der Waals surface area contributed by atoms with E-state index in [-0.39, 0.29) is 0 Å². The first-order valence-electron chi connectivity index (χ1n) is 7.63. The molecule has 0 amide bonds. The number of rotatable bonds is 4. The Hall–Kier alpha value is -0.456. The van der Waals surface area contributed by atoms with Crippen LogP contribution < -0.4 is 0 Å². The average Bonchev–Trinajstić information content (AvgIpc) is 3.03. The molecule has 20 heavy (non-hydrogen) atoms. The van der Waals surface area contributed by atoms with Crippen LogP contribution in [0.2, 0.25) is 0 Å². The van der Waals surface area contributed by atoms with Crippen LogP contribution >= 0.6 is 0 Å². The van der Waals surface area contributed by atoms with Gasteiger partial charge in [-0.1, -0.05) is 39.5 Å². The molecule has 1 heteroatoms. The van der Waals surface area contributed by atoms with Crippen LogP contribution in [-0.2, 0) is 20.0 Å². The molecule has 0 heterocycles. The molecule has 2 aliphatic carbocycles. The van der Waals surface area contributed by atoms with E-state index in [9.17, 15) is 0 Å². The van der Waals surface area contributed by atoms with Gasteiger partial charge in [0.1, 0.15) is 0 Å². The van der Waals surface area contributed by atoms with Crippen LogP contribution in [0.15, 0.2) is 35.5 Å². The number of hydrogen-bond donors (Lipinski definition) is 0. The van der Waals surface area contributed by atoms with Crippen LogP contribution in [0, 0.1) is 12.2 Å². The van der Waals surface area contributed by atoms with E-state index >= 15 is 0 Å². The average molecular weight is 304 g/mol. The minimum absolute atomic E-state index is 1.04. The molecule has 0 N–H and O–H groups in total. The molecule has 0 spiro atoms. The van der Waals surface area contributed by atoms with Crippen LogP contribution in [-0.4, -0.2) is 3.81 Å². The first kappa shape index (κ1) is 19.5. The Balaban J connectivity index is 0.000000289. The summed E-state index contributed by atoms with van der Waals surface area (Å²) in [4.78, 5) is 0. The summed E-state index contributed by atoms with van der Waals surface area (Å²) in [7, 11) is 0. The van der Waals surface area contributed by atoms with Crippen LogP contribution in [0.25, 0.3) is 0 Å². The first-order valence-corrected chi connectivity index (χ1v) is 8.41. The van der Waals surface area contributed by atoms with Crippen molar-refractivity contribution in [3.05, 3.63) is 47.6 Å². The van der Waals surface area contributed by atoms with Crippen molar-refractivity contribution in [3.8, 4) is 0 Å². The quantitative estimate of drug-likeness (QED) is 0.462. The maximum absolute atomic E-state index is 3.14. The van der Waals surface area contributed by atoms with E-state index in [0.717, 1.165) is 12.8 Å². The normalized spacial score (nSPS) is 14.9. The first-order chi connectivity index (χ1) is 9.60. The third-order valence-corrected chi connectivity index (χ3v) is 2.62. The Morgan fingerprint density at radius 3 is 1.50 bits per heavy atom. The Labute approximate surface area is 137 Å². The van der Waals surface area contributed by atoms with Crippen molar-refractivity contribution in [3.63, 3.8) is 0 Å². The predicted molar refractivity (Wildman–Crippen MR) is 87.2 cm³/mol. The third kappa shape index (κ3) is 12.6. The molecule has 0 saturated carbocycles. The number of allylic oxidation sites excluding steroid dienone is 8. The second kappa shape index (κ2) is 13.5. The molecule has 108 valence electrons. The second-order valence-corrected chi connectivity index (χ2v) is 6.72. The van der Waals surface area contributed by atoms with Crippen LogP contribution in [0.1, 0.15) is 66.2 Å². The number of hydrogen-bond acceptors (Lipinski definition) is 0. The zero-order chi connectivity index (χ0) is 15.2. The summed E-state index contributed by atoms with van der Waals surface area (Å²) in [6, 6.07) is 0.